The van der Waals surface area contributed by atoms with Crippen LogP contribution in [-0.4, -0.2) is 23.6 Å². The molecule has 1 aromatic rings. The molecule has 2 rings (SSSR count). The van der Waals surface area contributed by atoms with Gasteiger partial charge in [-0.05, 0) is 31.4 Å². The summed E-state index contributed by atoms with van der Waals surface area (Å²) in [6.07, 6.45) is 2.74. The first-order chi connectivity index (χ1) is 9.08. The summed E-state index contributed by atoms with van der Waals surface area (Å²) in [6, 6.07) is 2.41. The van der Waals surface area contributed by atoms with Crippen LogP contribution in [0.3, 0.4) is 0 Å². The van der Waals surface area contributed by atoms with Gasteiger partial charge in [-0.25, -0.2) is 8.78 Å². The van der Waals surface area contributed by atoms with Gasteiger partial charge in [0.25, 0.3) is 0 Å². The van der Waals surface area contributed by atoms with E-state index in [0.717, 1.165) is 31.4 Å². The fraction of sp³-hybridized carbons (Fsp3) is 0.462. The molecule has 0 unspecified atom stereocenters. The molecule has 3 N–H and O–H groups in total. The predicted octanol–water partition coefficient (Wildman–Crippen LogP) is 2.44. The van der Waals surface area contributed by atoms with E-state index in [1.807, 2.05) is 6.92 Å². The third kappa shape index (κ3) is 2.77. The zero-order valence-corrected chi connectivity index (χ0v) is 10.7. The Labute approximate surface area is 110 Å². The highest BCUT2D eigenvalue weighted by Gasteiger charge is 2.32. The van der Waals surface area contributed by atoms with Crippen molar-refractivity contribution in [3.8, 4) is 0 Å². The number of oxime groups is 1. The number of benzene rings is 1. The number of nitrogens with zero attached hydrogens (tertiary/aromatic N) is 2. The number of halogens is 2. The van der Waals surface area contributed by atoms with E-state index in [-0.39, 0.29) is 23.1 Å². The van der Waals surface area contributed by atoms with Crippen molar-refractivity contribution in [2.24, 2.45) is 10.9 Å². The Morgan fingerprint density at radius 2 is 2.00 bits per heavy atom. The minimum atomic E-state index is -0.679. The number of nitrogens with two attached hydrogens (primary N) is 1. The SMILES string of the molecule is CCCN(c1c(F)cc(C(N)=NO)cc1F)C1CC1. The van der Waals surface area contributed by atoms with Gasteiger partial charge in [0.1, 0.15) is 17.3 Å². The predicted molar refractivity (Wildman–Crippen MR) is 69.5 cm³/mol. The van der Waals surface area contributed by atoms with E-state index in [1.165, 1.54) is 0 Å². The monoisotopic (exact) mass is 269 g/mol. The van der Waals surface area contributed by atoms with Crippen LogP contribution in [0.15, 0.2) is 17.3 Å². The van der Waals surface area contributed by atoms with Crippen molar-refractivity contribution >= 4 is 11.5 Å². The molecule has 104 valence electrons. The molecule has 1 aromatic carbocycles. The smallest absolute Gasteiger partial charge is 0.170 e. The third-order valence-electron chi connectivity index (χ3n) is 3.16. The molecule has 4 nitrogen and oxygen atoms in total. The minimum absolute atomic E-state index is 0.0150. The first kappa shape index (κ1) is 13.6. The van der Waals surface area contributed by atoms with Gasteiger partial charge in [0, 0.05) is 18.2 Å². The van der Waals surface area contributed by atoms with Gasteiger partial charge in [-0.2, -0.15) is 0 Å². The first-order valence-corrected chi connectivity index (χ1v) is 6.32. The van der Waals surface area contributed by atoms with E-state index in [1.54, 1.807) is 4.90 Å². The zero-order valence-electron chi connectivity index (χ0n) is 10.7. The molecule has 19 heavy (non-hydrogen) atoms. The number of hydrogen-bond donors (Lipinski definition) is 2. The molecule has 6 heteroatoms. The molecule has 1 fully saturated rings. The highest BCUT2D eigenvalue weighted by atomic mass is 19.1. The Hall–Kier alpha value is -1.85. The molecule has 0 aliphatic heterocycles. The third-order valence-corrected chi connectivity index (χ3v) is 3.16. The van der Waals surface area contributed by atoms with Crippen LogP contribution in [0.1, 0.15) is 31.7 Å². The summed E-state index contributed by atoms with van der Waals surface area (Å²) in [5.74, 6) is -1.67. The molecule has 0 spiro atoms. The van der Waals surface area contributed by atoms with E-state index < -0.39 is 11.6 Å². The summed E-state index contributed by atoms with van der Waals surface area (Å²) in [4.78, 5) is 1.76. The molecule has 0 aromatic heterocycles. The van der Waals surface area contributed by atoms with Gasteiger partial charge in [0.05, 0.1) is 0 Å². The van der Waals surface area contributed by atoms with Crippen LogP contribution in [-0.2, 0) is 0 Å². The van der Waals surface area contributed by atoms with E-state index in [4.69, 9.17) is 10.9 Å². The molecule has 1 aliphatic rings. The van der Waals surface area contributed by atoms with Crippen molar-refractivity contribution in [3.05, 3.63) is 29.3 Å². The fourth-order valence-corrected chi connectivity index (χ4v) is 2.15. The van der Waals surface area contributed by atoms with Crippen LogP contribution in [0.5, 0.6) is 0 Å². The van der Waals surface area contributed by atoms with Crippen molar-refractivity contribution in [2.45, 2.75) is 32.2 Å². The Kier molecular flexibility index (Phi) is 3.87. The fourth-order valence-electron chi connectivity index (χ4n) is 2.15. The maximum atomic E-state index is 14.1. The van der Waals surface area contributed by atoms with Crippen molar-refractivity contribution in [2.75, 3.05) is 11.4 Å². The number of anilines is 1. The lowest BCUT2D eigenvalue weighted by Gasteiger charge is -2.25. The van der Waals surface area contributed by atoms with E-state index in [9.17, 15) is 8.78 Å². The maximum Gasteiger partial charge on any atom is 0.170 e. The van der Waals surface area contributed by atoms with Crippen LogP contribution in [0, 0.1) is 11.6 Å². The lowest BCUT2D eigenvalue weighted by atomic mass is 10.1. The van der Waals surface area contributed by atoms with Gasteiger partial charge < -0.3 is 15.8 Å². The summed E-state index contributed by atoms with van der Waals surface area (Å²) < 4.78 is 28.2. The molecule has 1 saturated carbocycles. The summed E-state index contributed by atoms with van der Waals surface area (Å²) >= 11 is 0. The summed E-state index contributed by atoms with van der Waals surface area (Å²) in [5, 5.41) is 11.3. The van der Waals surface area contributed by atoms with Crippen molar-refractivity contribution in [3.63, 3.8) is 0 Å². The highest BCUT2D eigenvalue weighted by Crippen LogP contribution is 2.35. The van der Waals surface area contributed by atoms with Gasteiger partial charge in [-0.3, -0.25) is 0 Å². The van der Waals surface area contributed by atoms with Gasteiger partial charge in [0.2, 0.25) is 0 Å². The second kappa shape index (κ2) is 5.42. The van der Waals surface area contributed by atoms with Crippen LogP contribution in [0.2, 0.25) is 0 Å². The highest BCUT2D eigenvalue weighted by molar-refractivity contribution is 5.97. The average molecular weight is 269 g/mol. The Bertz CT molecular complexity index is 478. The van der Waals surface area contributed by atoms with Gasteiger partial charge >= 0.3 is 0 Å². The van der Waals surface area contributed by atoms with Crippen LogP contribution >= 0.6 is 0 Å². The second-order valence-corrected chi connectivity index (χ2v) is 4.70. The zero-order chi connectivity index (χ0) is 14.0. The molecule has 1 aliphatic carbocycles. The molecule has 0 atom stereocenters. The molecular weight excluding hydrogens is 252 g/mol. The Morgan fingerprint density at radius 1 is 1.42 bits per heavy atom. The minimum Gasteiger partial charge on any atom is -0.409 e. The average Bonchev–Trinajstić information content (AvgIpc) is 3.20. The van der Waals surface area contributed by atoms with Crippen molar-refractivity contribution < 1.29 is 14.0 Å². The normalized spacial score (nSPS) is 15.6. The van der Waals surface area contributed by atoms with Gasteiger partial charge in [-0.15, -0.1) is 0 Å². The van der Waals surface area contributed by atoms with Crippen molar-refractivity contribution in [1.29, 1.82) is 0 Å². The van der Waals surface area contributed by atoms with Crippen LogP contribution in [0.25, 0.3) is 0 Å². The maximum absolute atomic E-state index is 14.1. The lowest BCUT2D eigenvalue weighted by molar-refractivity contribution is 0.318. The van der Waals surface area contributed by atoms with Crippen LogP contribution < -0.4 is 10.6 Å². The summed E-state index contributed by atoms with van der Waals surface area (Å²) in [5.41, 5.74) is 5.36. The van der Waals surface area contributed by atoms with Crippen molar-refractivity contribution in [1.82, 2.24) is 0 Å². The van der Waals surface area contributed by atoms with E-state index in [0.29, 0.717) is 6.54 Å². The quantitative estimate of drug-likeness (QED) is 0.373. The summed E-state index contributed by atoms with van der Waals surface area (Å²) in [6.45, 7) is 2.58. The second-order valence-electron chi connectivity index (χ2n) is 4.70. The van der Waals surface area contributed by atoms with Crippen LogP contribution in [0.4, 0.5) is 14.5 Å². The largest absolute Gasteiger partial charge is 0.409 e. The number of rotatable bonds is 5. The van der Waals surface area contributed by atoms with E-state index in [2.05, 4.69) is 5.16 Å². The summed E-state index contributed by atoms with van der Waals surface area (Å²) in [7, 11) is 0. The molecule has 0 bridgehead atoms. The molecule has 0 heterocycles. The number of amidine groups is 1. The first-order valence-electron chi connectivity index (χ1n) is 6.32. The van der Waals surface area contributed by atoms with Gasteiger partial charge in [-0.1, -0.05) is 12.1 Å². The molecule has 0 saturated heterocycles. The van der Waals surface area contributed by atoms with E-state index >= 15 is 0 Å². The molecule has 0 amide bonds. The lowest BCUT2D eigenvalue weighted by Crippen LogP contribution is -2.29. The standard InChI is InChI=1S/C13H17F2N3O/c1-2-5-18(9-3-4-9)12-10(14)6-8(7-11(12)15)13(16)17-19/h6-7,9,19H,2-5H2,1H3,(H2,16,17). The number of hydrogen-bond acceptors (Lipinski definition) is 3. The Balaban J connectivity index is 2.40. The molecular formula is C13H17F2N3O. The topological polar surface area (TPSA) is 61.8 Å². The molecule has 0 radical (unpaired) electrons. The Morgan fingerprint density at radius 3 is 2.42 bits per heavy atom. The van der Waals surface area contributed by atoms with Gasteiger partial charge in [0.15, 0.2) is 5.84 Å².